The summed E-state index contributed by atoms with van der Waals surface area (Å²) in [4.78, 5) is 8.66. The lowest BCUT2D eigenvalue weighted by molar-refractivity contribution is 0.465. The fourth-order valence-electron chi connectivity index (χ4n) is 1.98. The van der Waals surface area contributed by atoms with Crippen LogP contribution in [0.4, 0.5) is 5.82 Å². The molecule has 0 saturated carbocycles. The molecule has 0 atom stereocenters. The Labute approximate surface area is 121 Å². The Morgan fingerprint density at radius 1 is 1.43 bits per heavy atom. The SMILES string of the molecule is CCNc1cn2ccnc2c(Oc2cccc(C#N)c2)n1. The molecule has 3 rings (SSSR count). The van der Waals surface area contributed by atoms with E-state index in [4.69, 9.17) is 10.00 Å². The minimum absolute atomic E-state index is 0.397. The number of benzene rings is 1. The Morgan fingerprint density at radius 3 is 3.14 bits per heavy atom. The van der Waals surface area contributed by atoms with E-state index >= 15 is 0 Å². The lowest BCUT2D eigenvalue weighted by Gasteiger charge is -2.09. The second-order valence-electron chi connectivity index (χ2n) is 4.36. The maximum atomic E-state index is 8.93. The molecule has 0 spiro atoms. The number of nitrogens with one attached hydrogen (secondary N) is 1. The molecule has 0 aliphatic rings. The van der Waals surface area contributed by atoms with Crippen LogP contribution in [0, 0.1) is 11.3 Å². The molecule has 0 aliphatic carbocycles. The van der Waals surface area contributed by atoms with Gasteiger partial charge < -0.3 is 10.1 Å². The molecule has 2 aromatic heterocycles. The van der Waals surface area contributed by atoms with Gasteiger partial charge in [-0.05, 0) is 25.1 Å². The van der Waals surface area contributed by atoms with Gasteiger partial charge in [-0.25, -0.2) is 4.98 Å². The van der Waals surface area contributed by atoms with E-state index in [-0.39, 0.29) is 0 Å². The first kappa shape index (κ1) is 12.9. The van der Waals surface area contributed by atoms with Gasteiger partial charge >= 0.3 is 0 Å². The van der Waals surface area contributed by atoms with Crippen LogP contribution in [0.15, 0.2) is 42.9 Å². The standard InChI is InChI=1S/C15H13N5O/c1-2-17-13-10-20-7-6-18-14(20)15(19-13)21-12-5-3-4-11(8-12)9-16/h3-8,10,17H,2H2,1H3. The Bertz CT molecular complexity index is 818. The zero-order valence-corrected chi connectivity index (χ0v) is 11.4. The van der Waals surface area contributed by atoms with E-state index in [1.807, 2.05) is 23.7 Å². The molecule has 0 bridgehead atoms. The third kappa shape index (κ3) is 2.62. The van der Waals surface area contributed by atoms with Crippen molar-refractivity contribution in [3.05, 3.63) is 48.4 Å². The van der Waals surface area contributed by atoms with Gasteiger partial charge in [-0.15, -0.1) is 0 Å². The number of fused-ring (bicyclic) bond motifs is 1. The number of imidazole rings is 1. The molecule has 1 N–H and O–H groups in total. The first-order valence-electron chi connectivity index (χ1n) is 6.55. The van der Waals surface area contributed by atoms with Crippen LogP contribution in [0.25, 0.3) is 5.65 Å². The predicted octanol–water partition coefficient (Wildman–Crippen LogP) is 2.83. The molecule has 0 aliphatic heterocycles. The highest BCUT2D eigenvalue weighted by Crippen LogP contribution is 2.25. The fraction of sp³-hybridized carbons (Fsp3) is 0.133. The van der Waals surface area contributed by atoms with Gasteiger partial charge in [0.15, 0.2) is 0 Å². The lowest BCUT2D eigenvalue weighted by atomic mass is 10.2. The van der Waals surface area contributed by atoms with Crippen molar-refractivity contribution in [2.45, 2.75) is 6.92 Å². The quantitative estimate of drug-likeness (QED) is 0.794. The molecular weight excluding hydrogens is 266 g/mol. The number of hydrogen-bond donors (Lipinski definition) is 1. The molecule has 2 heterocycles. The van der Waals surface area contributed by atoms with Crippen molar-refractivity contribution in [2.24, 2.45) is 0 Å². The molecule has 0 unspecified atom stereocenters. The average molecular weight is 279 g/mol. The highest BCUT2D eigenvalue weighted by Gasteiger charge is 2.10. The Morgan fingerprint density at radius 2 is 2.33 bits per heavy atom. The highest BCUT2D eigenvalue weighted by molar-refractivity contribution is 5.55. The van der Waals surface area contributed by atoms with E-state index in [0.717, 1.165) is 6.54 Å². The van der Waals surface area contributed by atoms with Gasteiger partial charge in [0.05, 0.1) is 17.8 Å². The molecule has 6 nitrogen and oxygen atoms in total. The van der Waals surface area contributed by atoms with Crippen LogP contribution >= 0.6 is 0 Å². The summed E-state index contributed by atoms with van der Waals surface area (Å²) in [7, 11) is 0. The molecular formula is C15H13N5O. The largest absolute Gasteiger partial charge is 0.436 e. The monoisotopic (exact) mass is 279 g/mol. The number of nitrogens with zero attached hydrogens (tertiary/aromatic N) is 4. The van der Waals surface area contributed by atoms with Gasteiger partial charge in [-0.1, -0.05) is 6.07 Å². The zero-order valence-electron chi connectivity index (χ0n) is 11.4. The fourth-order valence-corrected chi connectivity index (χ4v) is 1.98. The van der Waals surface area contributed by atoms with Crippen LogP contribution in [0.5, 0.6) is 11.6 Å². The van der Waals surface area contributed by atoms with Crippen molar-refractivity contribution in [1.29, 1.82) is 5.26 Å². The Hall–Kier alpha value is -3.07. The predicted molar refractivity (Wildman–Crippen MR) is 78.4 cm³/mol. The summed E-state index contributed by atoms with van der Waals surface area (Å²) in [5.74, 6) is 1.66. The van der Waals surface area contributed by atoms with Crippen molar-refractivity contribution >= 4 is 11.5 Å². The first-order chi connectivity index (χ1) is 10.3. The van der Waals surface area contributed by atoms with Crippen molar-refractivity contribution in [1.82, 2.24) is 14.4 Å². The maximum absolute atomic E-state index is 8.93. The molecule has 6 heteroatoms. The van der Waals surface area contributed by atoms with Crippen LogP contribution in [0.2, 0.25) is 0 Å². The van der Waals surface area contributed by atoms with E-state index in [0.29, 0.717) is 28.7 Å². The van der Waals surface area contributed by atoms with Crippen LogP contribution < -0.4 is 10.1 Å². The number of hydrogen-bond acceptors (Lipinski definition) is 5. The zero-order chi connectivity index (χ0) is 14.7. The average Bonchev–Trinajstić information content (AvgIpc) is 2.96. The minimum Gasteiger partial charge on any atom is -0.436 e. The van der Waals surface area contributed by atoms with Crippen LogP contribution in [-0.4, -0.2) is 20.9 Å². The normalized spacial score (nSPS) is 10.3. The molecule has 0 fully saturated rings. The molecule has 1 aromatic carbocycles. The summed E-state index contributed by atoms with van der Waals surface area (Å²) in [5.41, 5.74) is 1.16. The van der Waals surface area contributed by atoms with Crippen molar-refractivity contribution in [3.8, 4) is 17.7 Å². The van der Waals surface area contributed by atoms with E-state index in [9.17, 15) is 0 Å². The minimum atomic E-state index is 0.397. The summed E-state index contributed by atoms with van der Waals surface area (Å²) in [6.45, 7) is 2.76. The molecule has 0 amide bonds. The van der Waals surface area contributed by atoms with Crippen molar-refractivity contribution in [2.75, 3.05) is 11.9 Å². The molecule has 3 aromatic rings. The Balaban J connectivity index is 2.02. The van der Waals surface area contributed by atoms with Gasteiger partial charge in [-0.2, -0.15) is 10.2 Å². The Kier molecular flexibility index (Phi) is 3.39. The molecule has 21 heavy (non-hydrogen) atoms. The number of nitriles is 1. The first-order valence-corrected chi connectivity index (χ1v) is 6.55. The summed E-state index contributed by atoms with van der Waals surface area (Å²) in [5, 5.41) is 12.1. The van der Waals surface area contributed by atoms with Crippen LogP contribution in [-0.2, 0) is 0 Å². The number of ether oxygens (including phenoxy) is 1. The second kappa shape index (κ2) is 5.51. The van der Waals surface area contributed by atoms with Gasteiger partial charge in [0.25, 0.3) is 5.88 Å². The molecule has 0 radical (unpaired) electrons. The van der Waals surface area contributed by atoms with Gasteiger partial charge in [-0.3, -0.25) is 4.40 Å². The summed E-state index contributed by atoms with van der Waals surface area (Å²) >= 11 is 0. The highest BCUT2D eigenvalue weighted by atomic mass is 16.5. The smallest absolute Gasteiger partial charge is 0.265 e. The third-order valence-corrected chi connectivity index (χ3v) is 2.88. The number of rotatable bonds is 4. The van der Waals surface area contributed by atoms with Crippen molar-refractivity contribution in [3.63, 3.8) is 0 Å². The van der Waals surface area contributed by atoms with Crippen LogP contribution in [0.3, 0.4) is 0 Å². The van der Waals surface area contributed by atoms with E-state index in [1.165, 1.54) is 0 Å². The number of anilines is 1. The van der Waals surface area contributed by atoms with Crippen LogP contribution in [0.1, 0.15) is 12.5 Å². The van der Waals surface area contributed by atoms with Crippen molar-refractivity contribution < 1.29 is 4.74 Å². The summed E-state index contributed by atoms with van der Waals surface area (Å²) in [6.07, 6.45) is 5.37. The van der Waals surface area contributed by atoms with E-state index in [2.05, 4.69) is 21.4 Å². The van der Waals surface area contributed by atoms with E-state index in [1.54, 1.807) is 30.5 Å². The van der Waals surface area contributed by atoms with Gasteiger partial charge in [0.1, 0.15) is 11.6 Å². The maximum Gasteiger partial charge on any atom is 0.265 e. The molecule has 0 saturated heterocycles. The number of aromatic nitrogens is 3. The topological polar surface area (TPSA) is 75.2 Å². The van der Waals surface area contributed by atoms with E-state index < -0.39 is 0 Å². The summed E-state index contributed by atoms with van der Waals surface area (Å²) in [6, 6.07) is 9.02. The van der Waals surface area contributed by atoms with Gasteiger partial charge in [0.2, 0.25) is 5.65 Å². The molecule has 104 valence electrons. The third-order valence-electron chi connectivity index (χ3n) is 2.88. The lowest BCUT2D eigenvalue weighted by Crippen LogP contribution is -2.03. The second-order valence-corrected chi connectivity index (χ2v) is 4.36. The summed E-state index contributed by atoms with van der Waals surface area (Å²) < 4.78 is 7.64. The van der Waals surface area contributed by atoms with Gasteiger partial charge in [0, 0.05) is 18.9 Å².